The van der Waals surface area contributed by atoms with Crippen LogP contribution in [0.25, 0.3) is 11.5 Å². The summed E-state index contributed by atoms with van der Waals surface area (Å²) < 4.78 is 11.5. The topological polar surface area (TPSA) is 168 Å². The minimum Gasteiger partial charge on any atom is -0.444 e. The van der Waals surface area contributed by atoms with E-state index in [0.717, 1.165) is 17.7 Å². The van der Waals surface area contributed by atoms with Gasteiger partial charge >= 0.3 is 6.09 Å². The average Bonchev–Trinajstić information content (AvgIpc) is 3.42. The summed E-state index contributed by atoms with van der Waals surface area (Å²) in [7, 11) is 0. The maximum atomic E-state index is 12.4. The normalized spacial score (nSPS) is 21.3. The van der Waals surface area contributed by atoms with Crippen molar-refractivity contribution in [1.29, 1.82) is 0 Å². The van der Waals surface area contributed by atoms with Crippen LogP contribution >= 0.6 is 0 Å². The molecule has 6 rings (SSSR count). The van der Waals surface area contributed by atoms with E-state index in [2.05, 4.69) is 31.1 Å². The van der Waals surface area contributed by atoms with Gasteiger partial charge in [0.15, 0.2) is 0 Å². The number of aromatic nitrogens is 4. The number of hydrogen-bond acceptors (Lipinski definition) is 11. The standard InChI is InChI=1S/C31H36N8O5/c1-5-31(12-7-6-8-23(31)40)36-24-22(27-38-37-26(43-27)19-16-39(17-19)29(42)44-30(2,3)4)15-33-28(35-24)34-20-9-10-21-18(14-20)11-13-32-25(21)41/h6-10,12,14-15,19,23,40H,5,11,13,16-17H2,1-4H3,(H,32,41)(H2,33,34,35,36)/t23?,31-/m0/s1. The molecule has 1 aliphatic carbocycles. The highest BCUT2D eigenvalue weighted by Gasteiger charge is 2.39. The van der Waals surface area contributed by atoms with Crippen molar-refractivity contribution in [3.05, 3.63) is 65.7 Å². The average molecular weight is 601 g/mol. The van der Waals surface area contributed by atoms with Crippen LogP contribution < -0.4 is 16.0 Å². The van der Waals surface area contributed by atoms with E-state index >= 15 is 0 Å². The van der Waals surface area contributed by atoms with E-state index < -0.39 is 17.2 Å². The molecule has 1 saturated heterocycles. The second-order valence-corrected chi connectivity index (χ2v) is 12.2. The van der Waals surface area contributed by atoms with E-state index in [4.69, 9.17) is 14.1 Å². The maximum absolute atomic E-state index is 12.4. The first-order valence-corrected chi connectivity index (χ1v) is 14.7. The number of carbonyl (C=O) groups excluding carboxylic acids is 2. The Morgan fingerprint density at radius 3 is 2.80 bits per heavy atom. The first kappa shape index (κ1) is 29.3. The van der Waals surface area contributed by atoms with Crippen molar-refractivity contribution in [2.45, 2.75) is 63.7 Å². The molecule has 13 nitrogen and oxygen atoms in total. The zero-order valence-electron chi connectivity index (χ0n) is 25.1. The Bertz CT molecular complexity index is 1640. The summed E-state index contributed by atoms with van der Waals surface area (Å²) in [5.74, 6) is 1.10. The number of hydrogen-bond donors (Lipinski definition) is 4. The van der Waals surface area contributed by atoms with Gasteiger partial charge in [0.25, 0.3) is 11.8 Å². The predicted octanol–water partition coefficient (Wildman–Crippen LogP) is 3.94. The number of fused-ring (bicyclic) bond motifs is 1. The van der Waals surface area contributed by atoms with Crippen LogP contribution in [0.2, 0.25) is 0 Å². The Hall–Kier alpha value is -4.78. The molecule has 4 N–H and O–H groups in total. The number of ether oxygens (including phenoxy) is 1. The van der Waals surface area contributed by atoms with Gasteiger partial charge in [0.1, 0.15) is 11.4 Å². The minimum absolute atomic E-state index is 0.0822. The second-order valence-electron chi connectivity index (χ2n) is 12.2. The fourth-order valence-electron chi connectivity index (χ4n) is 5.37. The van der Waals surface area contributed by atoms with Gasteiger partial charge in [-0.25, -0.2) is 9.78 Å². The van der Waals surface area contributed by atoms with E-state index in [1.165, 1.54) is 0 Å². The SMILES string of the molecule is CC[C@]1(Nc2nc(Nc3ccc4c(c3)CCNC4=O)ncc2-c2nnc(C3CN(C(=O)OC(C)(C)C)C3)o2)C=CC=CC1O. The predicted molar refractivity (Wildman–Crippen MR) is 163 cm³/mol. The number of amides is 2. The number of allylic oxidation sites excluding steroid dienone is 2. The van der Waals surface area contributed by atoms with Crippen molar-refractivity contribution in [2.75, 3.05) is 30.3 Å². The zero-order valence-corrected chi connectivity index (χ0v) is 25.1. The minimum atomic E-state index is -0.834. The Labute approximate surface area is 254 Å². The molecular formula is C31H36N8O5. The van der Waals surface area contributed by atoms with Crippen LogP contribution in [0.3, 0.4) is 0 Å². The molecule has 2 amide bonds. The van der Waals surface area contributed by atoms with E-state index in [9.17, 15) is 14.7 Å². The third kappa shape index (κ3) is 5.87. The van der Waals surface area contributed by atoms with Crippen molar-refractivity contribution < 1.29 is 23.8 Å². The summed E-state index contributed by atoms with van der Waals surface area (Å²) in [6.45, 7) is 8.86. The Morgan fingerprint density at radius 1 is 1.23 bits per heavy atom. The van der Waals surface area contributed by atoms with Gasteiger partial charge in [0.2, 0.25) is 11.8 Å². The van der Waals surface area contributed by atoms with E-state index in [0.29, 0.717) is 54.8 Å². The highest BCUT2D eigenvalue weighted by atomic mass is 16.6. The van der Waals surface area contributed by atoms with Crippen molar-refractivity contribution in [1.82, 2.24) is 30.4 Å². The lowest BCUT2D eigenvalue weighted by Crippen LogP contribution is -2.50. The molecule has 3 aliphatic rings. The summed E-state index contributed by atoms with van der Waals surface area (Å²) in [5.41, 5.74) is 1.39. The molecule has 2 atom stereocenters. The first-order valence-electron chi connectivity index (χ1n) is 14.7. The van der Waals surface area contributed by atoms with Crippen LogP contribution in [0.15, 0.2) is 53.1 Å². The molecule has 44 heavy (non-hydrogen) atoms. The molecule has 0 saturated carbocycles. The van der Waals surface area contributed by atoms with Crippen molar-refractivity contribution in [2.24, 2.45) is 0 Å². The molecule has 1 fully saturated rings. The molecule has 2 aliphatic heterocycles. The summed E-state index contributed by atoms with van der Waals surface area (Å²) in [4.78, 5) is 35.4. The number of likely N-dealkylation sites (tertiary alicyclic amines) is 1. The van der Waals surface area contributed by atoms with Gasteiger partial charge in [-0.15, -0.1) is 10.2 Å². The highest BCUT2D eigenvalue weighted by molar-refractivity contribution is 5.97. The van der Waals surface area contributed by atoms with Crippen molar-refractivity contribution in [3.63, 3.8) is 0 Å². The molecule has 230 valence electrons. The zero-order chi connectivity index (χ0) is 31.1. The van der Waals surface area contributed by atoms with Crippen LogP contribution in [0, 0.1) is 0 Å². The third-order valence-corrected chi connectivity index (χ3v) is 7.89. The van der Waals surface area contributed by atoms with Gasteiger partial charge < -0.3 is 35.1 Å². The van der Waals surface area contributed by atoms with Crippen LogP contribution in [-0.4, -0.2) is 79.1 Å². The van der Waals surface area contributed by atoms with Crippen LogP contribution in [0.1, 0.15) is 61.8 Å². The van der Waals surface area contributed by atoms with Gasteiger partial charge in [-0.2, -0.15) is 4.98 Å². The fourth-order valence-corrected chi connectivity index (χ4v) is 5.37. The number of nitrogens with one attached hydrogen (secondary N) is 3. The number of benzene rings is 1. The number of rotatable bonds is 7. The summed E-state index contributed by atoms with van der Waals surface area (Å²) in [6, 6.07) is 5.52. The number of nitrogens with zero attached hydrogens (tertiary/aromatic N) is 5. The number of anilines is 3. The highest BCUT2D eigenvalue weighted by Crippen LogP contribution is 2.35. The molecule has 2 aromatic heterocycles. The molecule has 4 heterocycles. The lowest BCUT2D eigenvalue weighted by molar-refractivity contribution is 0.00608. The lowest BCUT2D eigenvalue weighted by Gasteiger charge is -2.37. The number of aliphatic hydroxyl groups excluding tert-OH is 1. The molecule has 0 spiro atoms. The maximum Gasteiger partial charge on any atom is 0.410 e. The Morgan fingerprint density at radius 2 is 2.05 bits per heavy atom. The van der Waals surface area contributed by atoms with Gasteiger partial charge in [-0.1, -0.05) is 31.2 Å². The molecule has 0 bridgehead atoms. The molecule has 1 aromatic carbocycles. The van der Waals surface area contributed by atoms with Crippen LogP contribution in [0.5, 0.6) is 0 Å². The van der Waals surface area contributed by atoms with E-state index in [1.54, 1.807) is 29.3 Å². The fraction of sp³-hybridized carbons (Fsp3) is 0.419. The molecule has 0 radical (unpaired) electrons. The molecule has 13 heteroatoms. The smallest absolute Gasteiger partial charge is 0.410 e. The van der Waals surface area contributed by atoms with E-state index in [1.807, 2.05) is 52.0 Å². The van der Waals surface area contributed by atoms with Crippen molar-refractivity contribution in [3.8, 4) is 11.5 Å². The van der Waals surface area contributed by atoms with Crippen LogP contribution in [-0.2, 0) is 11.2 Å². The summed E-state index contributed by atoms with van der Waals surface area (Å²) in [5, 5.41) is 29.0. The molecule has 3 aromatic rings. The monoisotopic (exact) mass is 600 g/mol. The van der Waals surface area contributed by atoms with E-state index in [-0.39, 0.29) is 23.8 Å². The summed E-state index contributed by atoms with van der Waals surface area (Å²) in [6.07, 6.45) is 9.00. The largest absolute Gasteiger partial charge is 0.444 e. The second kappa shape index (κ2) is 11.4. The quantitative estimate of drug-likeness (QED) is 0.310. The van der Waals surface area contributed by atoms with Gasteiger partial charge in [0, 0.05) is 37.1 Å². The molecule has 1 unspecified atom stereocenters. The van der Waals surface area contributed by atoms with Crippen LogP contribution in [0.4, 0.5) is 22.2 Å². The third-order valence-electron chi connectivity index (χ3n) is 7.89. The summed E-state index contributed by atoms with van der Waals surface area (Å²) >= 11 is 0. The number of carbonyl (C=O) groups is 2. The molecular weight excluding hydrogens is 564 g/mol. The van der Waals surface area contributed by atoms with Crippen molar-refractivity contribution >= 4 is 29.5 Å². The van der Waals surface area contributed by atoms with Gasteiger partial charge in [-0.3, -0.25) is 4.79 Å². The van der Waals surface area contributed by atoms with Gasteiger partial charge in [0.05, 0.1) is 23.1 Å². The van der Waals surface area contributed by atoms with Gasteiger partial charge in [-0.05, 0) is 57.4 Å². The Kier molecular flexibility index (Phi) is 7.58. The first-order chi connectivity index (χ1) is 21.0. The number of aliphatic hydroxyl groups is 1. The Balaban J connectivity index is 1.27. The lowest BCUT2D eigenvalue weighted by atomic mass is 9.85.